The first-order chi connectivity index (χ1) is 11.8. The number of benzene rings is 2. The van der Waals surface area contributed by atoms with Crippen LogP contribution < -0.4 is 9.47 Å². The number of aromatic nitrogens is 4. The van der Waals surface area contributed by atoms with Crippen molar-refractivity contribution >= 4 is 16.3 Å². The molecular weight excluding hydrogens is 324 g/mol. The third-order valence-corrected chi connectivity index (χ3v) is 4.60. The summed E-state index contributed by atoms with van der Waals surface area (Å²) in [6, 6.07) is 15.7. The highest BCUT2D eigenvalue weighted by Gasteiger charge is 2.16. The van der Waals surface area contributed by atoms with Crippen LogP contribution in [0.25, 0.3) is 26.9 Å². The van der Waals surface area contributed by atoms with Crippen molar-refractivity contribution in [1.29, 1.82) is 0 Å². The molecule has 2 aromatic carbocycles. The molecule has 2 heterocycles. The Morgan fingerprint density at radius 1 is 0.875 bits per heavy atom. The van der Waals surface area contributed by atoms with Gasteiger partial charge < -0.3 is 9.47 Å². The Morgan fingerprint density at radius 2 is 1.67 bits per heavy atom. The minimum atomic E-state index is 0.644. The largest absolute Gasteiger partial charge is 0.493 e. The van der Waals surface area contributed by atoms with E-state index in [0.29, 0.717) is 17.3 Å². The zero-order valence-electron chi connectivity index (χ0n) is 13.1. The van der Waals surface area contributed by atoms with Crippen molar-refractivity contribution in [3.63, 3.8) is 0 Å². The molecule has 0 bridgehead atoms. The van der Waals surface area contributed by atoms with Crippen molar-refractivity contribution < 1.29 is 9.47 Å². The number of hydrogen-bond acceptors (Lipinski definition) is 6. The molecule has 7 heteroatoms. The van der Waals surface area contributed by atoms with E-state index in [4.69, 9.17) is 9.47 Å². The lowest BCUT2D eigenvalue weighted by Crippen LogP contribution is -1.94. The molecule has 0 amide bonds. The van der Waals surface area contributed by atoms with Crippen LogP contribution in [0.2, 0.25) is 0 Å². The fourth-order valence-electron chi connectivity index (χ4n) is 2.47. The molecule has 24 heavy (non-hydrogen) atoms. The van der Waals surface area contributed by atoms with Crippen molar-refractivity contribution in [3.8, 4) is 33.5 Å². The maximum Gasteiger partial charge on any atom is 0.235 e. The maximum absolute atomic E-state index is 5.36. The number of rotatable bonds is 4. The highest BCUT2D eigenvalue weighted by atomic mass is 32.1. The van der Waals surface area contributed by atoms with Crippen LogP contribution >= 0.6 is 11.3 Å². The van der Waals surface area contributed by atoms with Crippen LogP contribution in [-0.2, 0) is 0 Å². The van der Waals surface area contributed by atoms with Crippen LogP contribution in [0.5, 0.6) is 11.5 Å². The molecule has 0 fully saturated rings. The molecule has 4 rings (SSSR count). The first kappa shape index (κ1) is 14.6. The minimum Gasteiger partial charge on any atom is -0.493 e. The number of fused-ring (bicyclic) bond motifs is 1. The predicted octanol–water partition coefficient (Wildman–Crippen LogP) is 3.54. The van der Waals surface area contributed by atoms with Gasteiger partial charge in [0, 0.05) is 11.1 Å². The molecule has 120 valence electrons. The Morgan fingerprint density at radius 3 is 2.42 bits per heavy atom. The summed E-state index contributed by atoms with van der Waals surface area (Å²) in [5.74, 6) is 1.99. The summed E-state index contributed by atoms with van der Waals surface area (Å²) in [6.45, 7) is 0. The van der Waals surface area contributed by atoms with Gasteiger partial charge in [0.15, 0.2) is 17.3 Å². The van der Waals surface area contributed by atoms with Crippen LogP contribution in [0.1, 0.15) is 0 Å². The second kappa shape index (κ2) is 5.93. The SMILES string of the molecule is COc1ccc(-c2nnc3sc(-c4ccccc4)nn23)cc1OC. The van der Waals surface area contributed by atoms with Crippen LogP contribution in [-0.4, -0.2) is 34.0 Å². The summed E-state index contributed by atoms with van der Waals surface area (Å²) in [7, 11) is 3.22. The van der Waals surface area contributed by atoms with E-state index in [-0.39, 0.29) is 0 Å². The predicted molar refractivity (Wildman–Crippen MR) is 92.6 cm³/mol. The van der Waals surface area contributed by atoms with Crippen molar-refractivity contribution in [2.24, 2.45) is 0 Å². The van der Waals surface area contributed by atoms with Gasteiger partial charge in [0.25, 0.3) is 0 Å². The quantitative estimate of drug-likeness (QED) is 0.569. The lowest BCUT2D eigenvalue weighted by Gasteiger charge is -2.08. The van der Waals surface area contributed by atoms with E-state index >= 15 is 0 Å². The highest BCUT2D eigenvalue weighted by molar-refractivity contribution is 7.19. The molecule has 0 aliphatic rings. The Kier molecular flexibility index (Phi) is 3.62. The van der Waals surface area contributed by atoms with Crippen LogP contribution in [0.15, 0.2) is 48.5 Å². The minimum absolute atomic E-state index is 0.644. The standard InChI is InChI=1S/C17H14N4O2S/c1-22-13-9-8-12(10-14(13)23-2)15-18-19-17-21(15)20-16(24-17)11-6-4-3-5-7-11/h3-10H,1-2H3. The van der Waals surface area contributed by atoms with Gasteiger partial charge >= 0.3 is 0 Å². The Balaban J connectivity index is 1.82. The van der Waals surface area contributed by atoms with E-state index in [1.54, 1.807) is 18.7 Å². The molecule has 0 atom stereocenters. The van der Waals surface area contributed by atoms with Crippen LogP contribution in [0.4, 0.5) is 0 Å². The normalized spacial score (nSPS) is 10.9. The molecule has 0 N–H and O–H groups in total. The number of nitrogens with zero attached hydrogens (tertiary/aromatic N) is 4. The van der Waals surface area contributed by atoms with Gasteiger partial charge in [0.05, 0.1) is 14.2 Å². The smallest absolute Gasteiger partial charge is 0.235 e. The summed E-state index contributed by atoms with van der Waals surface area (Å²) in [5.41, 5.74) is 1.93. The Bertz CT molecular complexity index is 994. The van der Waals surface area contributed by atoms with E-state index in [1.165, 1.54) is 11.3 Å². The van der Waals surface area contributed by atoms with Crippen LogP contribution in [0, 0.1) is 0 Å². The average molecular weight is 338 g/mol. The molecule has 4 aromatic rings. The zero-order chi connectivity index (χ0) is 16.5. The van der Waals surface area contributed by atoms with Gasteiger partial charge in [0.2, 0.25) is 4.96 Å². The zero-order valence-corrected chi connectivity index (χ0v) is 13.9. The molecular formula is C17H14N4O2S. The van der Waals surface area contributed by atoms with E-state index in [2.05, 4.69) is 15.3 Å². The molecule has 6 nitrogen and oxygen atoms in total. The van der Waals surface area contributed by atoms with Crippen molar-refractivity contribution in [2.75, 3.05) is 14.2 Å². The van der Waals surface area contributed by atoms with E-state index in [9.17, 15) is 0 Å². The molecule has 0 radical (unpaired) electrons. The first-order valence-electron chi connectivity index (χ1n) is 7.30. The van der Waals surface area contributed by atoms with Gasteiger partial charge in [-0.2, -0.15) is 9.61 Å². The monoisotopic (exact) mass is 338 g/mol. The Labute approximate surface area is 142 Å². The van der Waals surface area contributed by atoms with E-state index in [1.807, 2.05) is 48.5 Å². The molecule has 0 aliphatic carbocycles. The fraction of sp³-hybridized carbons (Fsp3) is 0.118. The molecule has 0 saturated heterocycles. The topological polar surface area (TPSA) is 61.5 Å². The fourth-order valence-corrected chi connectivity index (χ4v) is 3.31. The molecule has 2 aromatic heterocycles. The van der Waals surface area contributed by atoms with E-state index < -0.39 is 0 Å². The summed E-state index contributed by atoms with van der Waals surface area (Å²) in [6.07, 6.45) is 0. The van der Waals surface area contributed by atoms with Gasteiger partial charge in [-0.15, -0.1) is 10.2 Å². The number of methoxy groups -OCH3 is 2. The lowest BCUT2D eigenvalue weighted by atomic mass is 10.2. The number of hydrogen-bond donors (Lipinski definition) is 0. The highest BCUT2D eigenvalue weighted by Crippen LogP contribution is 2.33. The molecule has 0 spiro atoms. The summed E-state index contributed by atoms with van der Waals surface area (Å²) >= 11 is 1.51. The van der Waals surface area contributed by atoms with Gasteiger partial charge in [-0.1, -0.05) is 41.7 Å². The second-order valence-electron chi connectivity index (χ2n) is 5.06. The lowest BCUT2D eigenvalue weighted by molar-refractivity contribution is 0.355. The van der Waals surface area contributed by atoms with Gasteiger partial charge in [0.1, 0.15) is 5.01 Å². The Hall–Kier alpha value is -2.93. The van der Waals surface area contributed by atoms with Crippen molar-refractivity contribution in [3.05, 3.63) is 48.5 Å². The van der Waals surface area contributed by atoms with Gasteiger partial charge in [-0.05, 0) is 18.2 Å². The van der Waals surface area contributed by atoms with Gasteiger partial charge in [-0.25, -0.2) is 0 Å². The summed E-state index contributed by atoms with van der Waals surface area (Å²) in [4.78, 5) is 0.749. The van der Waals surface area contributed by atoms with Crippen molar-refractivity contribution in [2.45, 2.75) is 0 Å². The maximum atomic E-state index is 5.36. The molecule has 0 unspecified atom stereocenters. The third-order valence-electron chi connectivity index (χ3n) is 3.65. The van der Waals surface area contributed by atoms with E-state index in [0.717, 1.165) is 21.1 Å². The summed E-state index contributed by atoms with van der Waals surface area (Å²) in [5, 5.41) is 14.1. The number of ether oxygens (including phenoxy) is 2. The third kappa shape index (κ3) is 2.39. The second-order valence-corrected chi connectivity index (χ2v) is 6.02. The van der Waals surface area contributed by atoms with Crippen molar-refractivity contribution in [1.82, 2.24) is 19.8 Å². The first-order valence-corrected chi connectivity index (χ1v) is 8.12. The average Bonchev–Trinajstić information content (AvgIpc) is 3.22. The molecule has 0 saturated carbocycles. The molecule has 0 aliphatic heterocycles. The summed E-state index contributed by atoms with van der Waals surface area (Å²) < 4.78 is 12.4. The van der Waals surface area contributed by atoms with Gasteiger partial charge in [-0.3, -0.25) is 0 Å². The van der Waals surface area contributed by atoms with Crippen LogP contribution in [0.3, 0.4) is 0 Å².